The number of carbonyl (C=O) groups is 2. The first-order valence-corrected chi connectivity index (χ1v) is 5.98. The molecule has 1 saturated heterocycles. The second-order valence-electron chi connectivity index (χ2n) is 4.28. The number of carbonyl (C=O) groups excluding carboxylic acids is 1. The van der Waals surface area contributed by atoms with E-state index in [2.05, 4.69) is 5.32 Å². The zero-order valence-electron chi connectivity index (χ0n) is 10.0. The van der Waals surface area contributed by atoms with E-state index in [-0.39, 0.29) is 0 Å². The first-order chi connectivity index (χ1) is 8.06. The summed E-state index contributed by atoms with van der Waals surface area (Å²) in [6, 6.07) is -1.46. The van der Waals surface area contributed by atoms with E-state index in [1.54, 1.807) is 0 Å². The summed E-state index contributed by atoms with van der Waals surface area (Å²) in [5, 5.41) is 11.7. The van der Waals surface area contributed by atoms with Crippen molar-refractivity contribution in [1.82, 2.24) is 5.32 Å². The van der Waals surface area contributed by atoms with Crippen LogP contribution in [-0.2, 0) is 14.3 Å². The molecule has 4 N–H and O–H groups in total. The standard InChI is InChI=1S/C11H20N2O4/c1-2-3-4-7(12)11(16)17-8-5-6-13-9(8)10(14)15/h7-9,13H,2-6,12H2,1H3,(H,14,15)/t7-,8?,9-/m0/s1. The lowest BCUT2D eigenvalue weighted by molar-refractivity contribution is -0.155. The molecule has 0 aromatic heterocycles. The van der Waals surface area contributed by atoms with E-state index in [1.165, 1.54) is 0 Å². The fraction of sp³-hybridized carbons (Fsp3) is 0.818. The Morgan fingerprint density at radius 1 is 1.59 bits per heavy atom. The van der Waals surface area contributed by atoms with E-state index < -0.39 is 30.1 Å². The summed E-state index contributed by atoms with van der Waals surface area (Å²) in [4.78, 5) is 22.5. The van der Waals surface area contributed by atoms with Crippen molar-refractivity contribution in [1.29, 1.82) is 0 Å². The molecular weight excluding hydrogens is 224 g/mol. The van der Waals surface area contributed by atoms with Crippen LogP contribution >= 0.6 is 0 Å². The number of hydrogen-bond donors (Lipinski definition) is 3. The molecule has 1 fully saturated rings. The van der Waals surface area contributed by atoms with Crippen LogP contribution in [0, 0.1) is 0 Å². The zero-order chi connectivity index (χ0) is 12.8. The Morgan fingerprint density at radius 3 is 2.88 bits per heavy atom. The molecule has 0 aromatic rings. The largest absolute Gasteiger partial charge is 0.480 e. The van der Waals surface area contributed by atoms with E-state index >= 15 is 0 Å². The van der Waals surface area contributed by atoms with Gasteiger partial charge in [0.1, 0.15) is 18.2 Å². The van der Waals surface area contributed by atoms with Gasteiger partial charge < -0.3 is 20.9 Å². The van der Waals surface area contributed by atoms with Crippen LogP contribution in [0.5, 0.6) is 0 Å². The maximum atomic E-state index is 11.6. The summed E-state index contributed by atoms with van der Waals surface area (Å²) in [6.45, 7) is 2.55. The molecule has 0 spiro atoms. The summed E-state index contributed by atoms with van der Waals surface area (Å²) in [5.74, 6) is -1.50. The van der Waals surface area contributed by atoms with Crippen LogP contribution in [0.25, 0.3) is 0 Å². The van der Waals surface area contributed by atoms with Crippen molar-refractivity contribution in [2.24, 2.45) is 5.73 Å². The fourth-order valence-corrected chi connectivity index (χ4v) is 1.83. The molecule has 0 saturated carbocycles. The fourth-order valence-electron chi connectivity index (χ4n) is 1.83. The molecule has 1 unspecified atom stereocenters. The minimum Gasteiger partial charge on any atom is -0.480 e. The molecule has 98 valence electrons. The van der Waals surface area contributed by atoms with Crippen molar-refractivity contribution in [3.8, 4) is 0 Å². The van der Waals surface area contributed by atoms with Gasteiger partial charge in [0.25, 0.3) is 0 Å². The number of carboxylic acids is 1. The van der Waals surface area contributed by atoms with Gasteiger partial charge >= 0.3 is 11.9 Å². The highest BCUT2D eigenvalue weighted by atomic mass is 16.5. The molecule has 0 aromatic carbocycles. The number of rotatable bonds is 6. The number of aliphatic carboxylic acids is 1. The molecule has 0 amide bonds. The van der Waals surface area contributed by atoms with Gasteiger partial charge in [0.2, 0.25) is 0 Å². The minimum atomic E-state index is -0.998. The Morgan fingerprint density at radius 2 is 2.29 bits per heavy atom. The Kier molecular flexibility index (Phi) is 5.37. The Balaban J connectivity index is 2.42. The monoisotopic (exact) mass is 244 g/mol. The predicted octanol–water partition coefficient (Wildman–Crippen LogP) is -0.138. The zero-order valence-corrected chi connectivity index (χ0v) is 10.0. The quantitative estimate of drug-likeness (QED) is 0.562. The first-order valence-electron chi connectivity index (χ1n) is 5.98. The lowest BCUT2D eigenvalue weighted by atomic mass is 10.1. The predicted molar refractivity (Wildman–Crippen MR) is 61.4 cm³/mol. The van der Waals surface area contributed by atoms with Crippen LogP contribution in [0.1, 0.15) is 32.6 Å². The van der Waals surface area contributed by atoms with Crippen LogP contribution in [0.4, 0.5) is 0 Å². The molecule has 17 heavy (non-hydrogen) atoms. The number of unbranched alkanes of at least 4 members (excludes halogenated alkanes) is 1. The molecule has 1 aliphatic rings. The molecule has 1 heterocycles. The van der Waals surface area contributed by atoms with Gasteiger partial charge in [0.15, 0.2) is 0 Å². The minimum absolute atomic E-state index is 0.501. The Labute approximate surface area is 101 Å². The highest BCUT2D eigenvalue weighted by Gasteiger charge is 2.36. The van der Waals surface area contributed by atoms with Gasteiger partial charge in [0.05, 0.1) is 0 Å². The van der Waals surface area contributed by atoms with Gasteiger partial charge in [-0.3, -0.25) is 9.59 Å². The maximum Gasteiger partial charge on any atom is 0.324 e. The smallest absolute Gasteiger partial charge is 0.324 e. The van der Waals surface area contributed by atoms with Crippen molar-refractivity contribution in [3.05, 3.63) is 0 Å². The van der Waals surface area contributed by atoms with Crippen molar-refractivity contribution < 1.29 is 19.4 Å². The molecule has 6 nitrogen and oxygen atoms in total. The van der Waals surface area contributed by atoms with Crippen molar-refractivity contribution in [3.63, 3.8) is 0 Å². The van der Waals surface area contributed by atoms with E-state index in [9.17, 15) is 9.59 Å². The molecule has 6 heteroatoms. The lowest BCUT2D eigenvalue weighted by Crippen LogP contribution is -2.43. The number of hydrogen-bond acceptors (Lipinski definition) is 5. The molecule has 0 aliphatic carbocycles. The highest BCUT2D eigenvalue weighted by molar-refractivity contribution is 5.78. The summed E-state index contributed by atoms with van der Waals surface area (Å²) in [7, 11) is 0. The molecule has 0 radical (unpaired) electrons. The third kappa shape index (κ3) is 3.98. The first kappa shape index (κ1) is 13.9. The third-order valence-electron chi connectivity index (χ3n) is 2.87. The number of nitrogens with one attached hydrogen (secondary N) is 1. The van der Waals surface area contributed by atoms with Crippen LogP contribution in [0.15, 0.2) is 0 Å². The van der Waals surface area contributed by atoms with Crippen LogP contribution < -0.4 is 11.1 Å². The highest BCUT2D eigenvalue weighted by Crippen LogP contribution is 2.13. The normalized spacial score (nSPS) is 25.5. The average Bonchev–Trinajstić information content (AvgIpc) is 2.73. The van der Waals surface area contributed by atoms with Crippen LogP contribution in [-0.4, -0.2) is 41.8 Å². The van der Waals surface area contributed by atoms with E-state index in [4.69, 9.17) is 15.6 Å². The Bertz CT molecular complexity index is 283. The van der Waals surface area contributed by atoms with Crippen LogP contribution in [0.2, 0.25) is 0 Å². The summed E-state index contributed by atoms with van der Waals surface area (Å²) >= 11 is 0. The maximum absolute atomic E-state index is 11.6. The summed E-state index contributed by atoms with van der Waals surface area (Å²) in [6.07, 6.45) is 2.31. The van der Waals surface area contributed by atoms with E-state index in [1.807, 2.05) is 6.92 Å². The van der Waals surface area contributed by atoms with Gasteiger partial charge in [-0.2, -0.15) is 0 Å². The Hall–Kier alpha value is -1.14. The van der Waals surface area contributed by atoms with Crippen molar-refractivity contribution in [2.75, 3.05) is 6.54 Å². The average molecular weight is 244 g/mol. The summed E-state index contributed by atoms with van der Waals surface area (Å²) < 4.78 is 5.14. The number of carboxylic acid groups (broad SMARTS) is 1. The van der Waals surface area contributed by atoms with Gasteiger partial charge in [-0.15, -0.1) is 0 Å². The second-order valence-corrected chi connectivity index (χ2v) is 4.28. The third-order valence-corrected chi connectivity index (χ3v) is 2.87. The molecule has 1 rings (SSSR count). The molecular formula is C11H20N2O4. The van der Waals surface area contributed by atoms with Crippen LogP contribution in [0.3, 0.4) is 0 Å². The number of nitrogens with two attached hydrogens (primary N) is 1. The molecule has 0 bridgehead atoms. The van der Waals surface area contributed by atoms with Crippen molar-refractivity contribution >= 4 is 11.9 Å². The lowest BCUT2D eigenvalue weighted by Gasteiger charge is -2.18. The van der Waals surface area contributed by atoms with E-state index in [0.29, 0.717) is 19.4 Å². The SMILES string of the molecule is CCCC[C@H](N)C(=O)OC1CCN[C@@H]1C(=O)O. The number of esters is 1. The van der Waals surface area contributed by atoms with Gasteiger partial charge in [-0.25, -0.2) is 0 Å². The van der Waals surface area contributed by atoms with E-state index in [0.717, 1.165) is 12.8 Å². The van der Waals surface area contributed by atoms with Gasteiger partial charge in [-0.1, -0.05) is 19.8 Å². The van der Waals surface area contributed by atoms with Crippen molar-refractivity contribution in [2.45, 2.75) is 50.8 Å². The molecule has 1 aliphatic heterocycles. The number of ether oxygens (including phenoxy) is 1. The van der Waals surface area contributed by atoms with Gasteiger partial charge in [0, 0.05) is 0 Å². The second kappa shape index (κ2) is 6.56. The van der Waals surface area contributed by atoms with Gasteiger partial charge in [-0.05, 0) is 19.4 Å². The topological polar surface area (TPSA) is 102 Å². The molecule has 3 atom stereocenters. The summed E-state index contributed by atoms with van der Waals surface area (Å²) in [5.41, 5.74) is 5.66.